The Hall–Kier alpha value is 0.370. The zero-order valence-corrected chi connectivity index (χ0v) is 9.95. The average Bonchev–Trinajstić information content (AvgIpc) is 2.08. The van der Waals surface area contributed by atoms with Gasteiger partial charge in [0.15, 0.2) is 11.6 Å². The summed E-state index contributed by atoms with van der Waals surface area (Å²) in [5.41, 5.74) is 0.341. The Labute approximate surface area is 77.1 Å². The predicted molar refractivity (Wildman–Crippen MR) is 59.1 cm³/mol. The van der Waals surface area contributed by atoms with Gasteiger partial charge in [-0.05, 0) is 23.1 Å². The van der Waals surface area contributed by atoms with Gasteiger partial charge in [0.1, 0.15) is 0 Å². The average molecular weight is 224 g/mol. The fourth-order valence-corrected chi connectivity index (χ4v) is 1.94. The Balaban J connectivity index is 3.60. The quantitative estimate of drug-likeness (QED) is 0.571. The van der Waals surface area contributed by atoms with Gasteiger partial charge in [-0.3, -0.25) is 0 Å². The molecule has 1 rings (SSSR count). The van der Waals surface area contributed by atoms with E-state index < -0.39 is 11.6 Å². The van der Waals surface area contributed by atoms with Crippen LogP contribution in [-0.4, -0.2) is 0 Å². The highest BCUT2D eigenvalue weighted by Crippen LogP contribution is 2.11. The van der Waals surface area contributed by atoms with E-state index in [0.717, 1.165) is 0 Å². The molecule has 0 N–H and O–H groups in total. The second-order valence-corrected chi connectivity index (χ2v) is 4.23. The molecule has 0 spiro atoms. The molecule has 5 heteroatoms. The van der Waals surface area contributed by atoms with E-state index in [2.05, 4.69) is 27.7 Å². The van der Waals surface area contributed by atoms with Gasteiger partial charge in [0, 0.05) is 5.30 Å². The maximum absolute atomic E-state index is 13.0. The fourth-order valence-electron chi connectivity index (χ4n) is 0.866. The Morgan fingerprint density at radius 3 is 1.83 bits per heavy atom. The van der Waals surface area contributed by atoms with E-state index in [1.54, 1.807) is 6.92 Å². The lowest BCUT2D eigenvalue weighted by Gasteiger charge is -2.09. The van der Waals surface area contributed by atoms with Gasteiger partial charge >= 0.3 is 0 Å². The van der Waals surface area contributed by atoms with Crippen molar-refractivity contribution < 1.29 is 8.78 Å². The molecular formula is C7H9F2P3. The standard InChI is InChI=1S/C7H9F2P3/c1-2-3(8)4(9)6(11)7(12)5(2)10/h10-12H2,1H3. The molecule has 12 heavy (non-hydrogen) atoms. The first-order chi connectivity index (χ1) is 5.46. The molecule has 0 radical (unpaired) electrons. The summed E-state index contributed by atoms with van der Waals surface area (Å²) < 4.78 is 26.0. The molecule has 0 saturated heterocycles. The molecule has 3 atom stereocenters. The van der Waals surface area contributed by atoms with Crippen molar-refractivity contribution in [2.45, 2.75) is 6.92 Å². The molecule has 1 aromatic rings. The summed E-state index contributed by atoms with van der Waals surface area (Å²) in [6, 6.07) is 0. The molecule has 3 unspecified atom stereocenters. The van der Waals surface area contributed by atoms with E-state index in [9.17, 15) is 8.78 Å². The lowest BCUT2D eigenvalue weighted by molar-refractivity contribution is 0.511. The zero-order chi connectivity index (χ0) is 9.46. The Bertz CT molecular complexity index is 231. The SMILES string of the molecule is Cc1c(F)c(F)c(P)c(P)c1P. The number of hydrogen-bond donors (Lipinski definition) is 0. The van der Waals surface area contributed by atoms with E-state index in [1.807, 2.05) is 0 Å². The van der Waals surface area contributed by atoms with Crippen molar-refractivity contribution in [3.8, 4) is 0 Å². The molecule has 0 saturated carbocycles. The van der Waals surface area contributed by atoms with Crippen LogP contribution in [0, 0.1) is 18.6 Å². The van der Waals surface area contributed by atoms with Gasteiger partial charge in [-0.25, -0.2) is 8.78 Å². The van der Waals surface area contributed by atoms with Crippen LogP contribution in [0.25, 0.3) is 0 Å². The maximum atomic E-state index is 13.0. The van der Waals surface area contributed by atoms with Crippen molar-refractivity contribution in [3.63, 3.8) is 0 Å². The summed E-state index contributed by atoms with van der Waals surface area (Å²) in [6.07, 6.45) is 0. The van der Waals surface area contributed by atoms with Crippen LogP contribution in [0.2, 0.25) is 0 Å². The van der Waals surface area contributed by atoms with Crippen LogP contribution in [0.1, 0.15) is 5.56 Å². The lowest BCUT2D eigenvalue weighted by atomic mass is 10.2. The first-order valence-corrected chi connectivity index (χ1v) is 4.98. The normalized spacial score (nSPS) is 10.5. The minimum absolute atomic E-state index is 0.271. The minimum atomic E-state index is -0.784. The van der Waals surface area contributed by atoms with E-state index >= 15 is 0 Å². The molecular weight excluding hydrogens is 215 g/mol. The summed E-state index contributed by atoms with van der Waals surface area (Å²) in [5, 5.41) is 1.65. The Morgan fingerprint density at radius 1 is 0.833 bits per heavy atom. The molecule has 0 aromatic heterocycles. The number of benzene rings is 1. The topological polar surface area (TPSA) is 0 Å². The van der Waals surface area contributed by atoms with Crippen LogP contribution < -0.4 is 15.9 Å². The van der Waals surface area contributed by atoms with Crippen LogP contribution >= 0.6 is 27.7 Å². The molecule has 0 aliphatic carbocycles. The molecule has 0 heterocycles. The van der Waals surface area contributed by atoms with Crippen molar-refractivity contribution in [2.75, 3.05) is 0 Å². The van der Waals surface area contributed by atoms with E-state index in [-0.39, 0.29) is 5.30 Å². The molecule has 66 valence electrons. The van der Waals surface area contributed by atoms with Gasteiger partial charge < -0.3 is 0 Å². The van der Waals surface area contributed by atoms with Crippen LogP contribution in [0.3, 0.4) is 0 Å². The maximum Gasteiger partial charge on any atom is 0.166 e. The van der Waals surface area contributed by atoms with Crippen molar-refractivity contribution in [1.82, 2.24) is 0 Å². The van der Waals surface area contributed by atoms with E-state index in [4.69, 9.17) is 0 Å². The Morgan fingerprint density at radius 2 is 1.33 bits per heavy atom. The zero-order valence-electron chi connectivity index (χ0n) is 6.49. The van der Waals surface area contributed by atoms with Crippen LogP contribution in [0.4, 0.5) is 8.78 Å². The smallest absolute Gasteiger partial charge is 0.166 e. The van der Waals surface area contributed by atoms with Crippen LogP contribution in [-0.2, 0) is 0 Å². The fraction of sp³-hybridized carbons (Fsp3) is 0.143. The minimum Gasteiger partial charge on any atom is -0.203 e. The van der Waals surface area contributed by atoms with Crippen LogP contribution in [0.5, 0.6) is 0 Å². The highest BCUT2D eigenvalue weighted by Gasteiger charge is 2.14. The molecule has 0 fully saturated rings. The third kappa shape index (κ3) is 1.53. The van der Waals surface area contributed by atoms with Crippen LogP contribution in [0.15, 0.2) is 0 Å². The van der Waals surface area contributed by atoms with E-state index in [1.165, 1.54) is 0 Å². The van der Waals surface area contributed by atoms with Crippen molar-refractivity contribution in [3.05, 3.63) is 17.2 Å². The summed E-state index contributed by atoms with van der Waals surface area (Å²) in [7, 11) is 6.97. The monoisotopic (exact) mass is 224 g/mol. The van der Waals surface area contributed by atoms with Gasteiger partial charge in [0.25, 0.3) is 0 Å². The third-order valence-electron chi connectivity index (χ3n) is 1.74. The molecule has 0 amide bonds. The highest BCUT2D eigenvalue weighted by atomic mass is 31.0. The third-order valence-corrected chi connectivity index (χ3v) is 4.34. The summed E-state index contributed by atoms with van der Waals surface area (Å²) in [4.78, 5) is 0. The molecule has 0 bridgehead atoms. The largest absolute Gasteiger partial charge is 0.203 e. The van der Waals surface area contributed by atoms with Crippen molar-refractivity contribution in [2.24, 2.45) is 0 Å². The summed E-state index contributed by atoms with van der Waals surface area (Å²) in [5.74, 6) is -1.55. The lowest BCUT2D eigenvalue weighted by Crippen LogP contribution is -2.30. The summed E-state index contributed by atoms with van der Waals surface area (Å²) >= 11 is 0. The Kier molecular flexibility index (Phi) is 3.16. The number of hydrogen-bond acceptors (Lipinski definition) is 0. The van der Waals surface area contributed by atoms with Gasteiger partial charge in [-0.1, -0.05) is 0 Å². The molecule has 0 aliphatic rings. The first-order valence-electron chi connectivity index (χ1n) is 3.24. The number of rotatable bonds is 0. The van der Waals surface area contributed by atoms with E-state index in [0.29, 0.717) is 16.2 Å². The number of halogens is 2. The van der Waals surface area contributed by atoms with Gasteiger partial charge in [0.2, 0.25) is 0 Å². The first kappa shape index (κ1) is 10.5. The molecule has 1 aromatic carbocycles. The van der Waals surface area contributed by atoms with Crippen molar-refractivity contribution in [1.29, 1.82) is 0 Å². The van der Waals surface area contributed by atoms with Gasteiger partial charge in [-0.2, -0.15) is 0 Å². The van der Waals surface area contributed by atoms with Gasteiger partial charge in [-0.15, -0.1) is 27.7 Å². The highest BCUT2D eigenvalue weighted by molar-refractivity contribution is 7.40. The predicted octanol–water partition coefficient (Wildman–Crippen LogP) is 0.774. The molecule has 0 nitrogen and oxygen atoms in total. The van der Waals surface area contributed by atoms with Gasteiger partial charge in [0.05, 0.1) is 0 Å². The molecule has 0 aliphatic heterocycles. The van der Waals surface area contributed by atoms with Crippen molar-refractivity contribution >= 4 is 43.6 Å². The summed E-state index contributed by atoms with van der Waals surface area (Å²) in [6.45, 7) is 1.55. The second kappa shape index (κ2) is 3.62. The second-order valence-electron chi connectivity index (χ2n) is 2.49.